The number of rotatable bonds is 6. The van der Waals surface area contributed by atoms with Crippen LogP contribution in [0.2, 0.25) is 10.0 Å². The first-order valence-corrected chi connectivity index (χ1v) is 12.3. The third-order valence-electron chi connectivity index (χ3n) is 4.91. The number of hydrogen-bond donors (Lipinski definition) is 0. The van der Waals surface area contributed by atoms with Gasteiger partial charge in [-0.3, -0.25) is 4.79 Å². The summed E-state index contributed by atoms with van der Waals surface area (Å²) in [6.07, 6.45) is 1.57. The number of hydrogen-bond acceptors (Lipinski definition) is 5. The van der Waals surface area contributed by atoms with E-state index in [4.69, 9.17) is 32.7 Å². The molecule has 174 valence electrons. The van der Waals surface area contributed by atoms with E-state index in [1.54, 1.807) is 50.6 Å². The van der Waals surface area contributed by atoms with Gasteiger partial charge >= 0.3 is 0 Å². The summed E-state index contributed by atoms with van der Waals surface area (Å²) >= 11 is 19.0. The molecular formula is C24H17Br2Cl2N3O3. The fourth-order valence-electron chi connectivity index (χ4n) is 3.26. The van der Waals surface area contributed by atoms with Crippen LogP contribution in [0.3, 0.4) is 0 Å². The van der Waals surface area contributed by atoms with Crippen molar-refractivity contribution in [1.82, 2.24) is 9.66 Å². The van der Waals surface area contributed by atoms with E-state index in [-0.39, 0.29) is 12.2 Å². The smallest absolute Gasteiger partial charge is 0.282 e. The average Bonchev–Trinajstić information content (AvgIpc) is 2.80. The van der Waals surface area contributed by atoms with Crippen LogP contribution in [0, 0.1) is 6.92 Å². The first-order valence-electron chi connectivity index (χ1n) is 9.94. The summed E-state index contributed by atoms with van der Waals surface area (Å²) in [7, 11) is 1.55. The molecule has 3 aromatic carbocycles. The Bertz CT molecular complexity index is 1490. The number of nitrogens with zero attached hydrogens (tertiary/aromatic N) is 3. The van der Waals surface area contributed by atoms with Crippen molar-refractivity contribution in [3.05, 3.63) is 94.8 Å². The van der Waals surface area contributed by atoms with Gasteiger partial charge in [0.1, 0.15) is 12.4 Å². The molecule has 0 saturated carbocycles. The molecule has 0 aliphatic heterocycles. The molecule has 0 aliphatic carbocycles. The van der Waals surface area contributed by atoms with Crippen LogP contribution in [-0.2, 0) is 6.61 Å². The van der Waals surface area contributed by atoms with Gasteiger partial charge in [-0.1, -0.05) is 45.2 Å². The predicted octanol–water partition coefficient (Wildman–Crippen LogP) is 7.01. The molecular weight excluding hydrogens is 609 g/mol. The van der Waals surface area contributed by atoms with Crippen LogP contribution in [0.1, 0.15) is 17.0 Å². The second-order valence-electron chi connectivity index (χ2n) is 7.25. The third-order valence-corrected chi connectivity index (χ3v) is 6.73. The fourth-order valence-corrected chi connectivity index (χ4v) is 4.52. The van der Waals surface area contributed by atoms with E-state index in [2.05, 4.69) is 41.9 Å². The van der Waals surface area contributed by atoms with Gasteiger partial charge < -0.3 is 9.47 Å². The first-order chi connectivity index (χ1) is 16.3. The number of fused-ring (bicyclic) bond motifs is 1. The van der Waals surface area contributed by atoms with Crippen molar-refractivity contribution in [2.24, 2.45) is 5.10 Å². The van der Waals surface area contributed by atoms with Crippen molar-refractivity contribution in [2.45, 2.75) is 13.5 Å². The minimum Gasteiger partial charge on any atom is -0.493 e. The number of aromatic nitrogens is 2. The molecule has 4 rings (SSSR count). The lowest BCUT2D eigenvalue weighted by Crippen LogP contribution is -2.20. The number of ether oxygens (including phenoxy) is 2. The summed E-state index contributed by atoms with van der Waals surface area (Å²) in [5.74, 6) is 1.50. The zero-order chi connectivity index (χ0) is 24.4. The van der Waals surface area contributed by atoms with Crippen LogP contribution in [0.5, 0.6) is 11.5 Å². The van der Waals surface area contributed by atoms with Gasteiger partial charge in [0, 0.05) is 4.47 Å². The van der Waals surface area contributed by atoms with E-state index in [0.29, 0.717) is 48.3 Å². The van der Waals surface area contributed by atoms with Crippen LogP contribution in [0.25, 0.3) is 10.9 Å². The zero-order valence-corrected chi connectivity index (χ0v) is 22.7. The van der Waals surface area contributed by atoms with Crippen LogP contribution in [-0.4, -0.2) is 23.0 Å². The number of methoxy groups -OCH3 is 1. The number of halogens is 4. The zero-order valence-electron chi connectivity index (χ0n) is 18.0. The second kappa shape index (κ2) is 10.5. The van der Waals surface area contributed by atoms with E-state index < -0.39 is 0 Å². The van der Waals surface area contributed by atoms with Crippen LogP contribution >= 0.6 is 55.1 Å². The molecule has 0 radical (unpaired) electrons. The van der Waals surface area contributed by atoms with E-state index >= 15 is 0 Å². The normalized spacial score (nSPS) is 11.4. The predicted molar refractivity (Wildman–Crippen MR) is 143 cm³/mol. The van der Waals surface area contributed by atoms with E-state index in [1.807, 2.05) is 18.2 Å². The highest BCUT2D eigenvalue weighted by Gasteiger charge is 2.13. The maximum atomic E-state index is 12.9. The molecule has 0 amide bonds. The molecule has 0 spiro atoms. The quantitative estimate of drug-likeness (QED) is 0.216. The minimum atomic E-state index is -0.257. The highest BCUT2D eigenvalue weighted by atomic mass is 79.9. The number of benzene rings is 3. The van der Waals surface area contributed by atoms with Gasteiger partial charge in [0.15, 0.2) is 11.5 Å². The molecule has 0 saturated heterocycles. The molecule has 34 heavy (non-hydrogen) atoms. The Balaban J connectivity index is 1.63. The summed E-state index contributed by atoms with van der Waals surface area (Å²) < 4.78 is 14.2. The first kappa shape index (κ1) is 24.7. The Morgan fingerprint density at radius 2 is 1.88 bits per heavy atom. The van der Waals surface area contributed by atoms with Crippen LogP contribution < -0.4 is 15.0 Å². The van der Waals surface area contributed by atoms with E-state index in [1.165, 1.54) is 4.68 Å². The highest BCUT2D eigenvalue weighted by molar-refractivity contribution is 9.10. The van der Waals surface area contributed by atoms with Gasteiger partial charge in [0.05, 0.1) is 38.7 Å². The van der Waals surface area contributed by atoms with Crippen molar-refractivity contribution >= 4 is 72.2 Å². The third kappa shape index (κ3) is 5.30. The van der Waals surface area contributed by atoms with Gasteiger partial charge in [-0.25, -0.2) is 4.98 Å². The number of aryl methyl sites for hydroxylation is 1. The van der Waals surface area contributed by atoms with Crippen LogP contribution in [0.4, 0.5) is 0 Å². The molecule has 0 unspecified atom stereocenters. The molecule has 1 aromatic heterocycles. The molecule has 6 nitrogen and oxygen atoms in total. The van der Waals surface area contributed by atoms with Gasteiger partial charge in [-0.05, 0) is 76.4 Å². The SMILES string of the molecule is COc1cc(C=Nn2c(C)nc3ccc(Br)cc3c2=O)cc(Br)c1OCc1ccc(Cl)c(Cl)c1. The Morgan fingerprint density at radius 3 is 2.62 bits per heavy atom. The minimum absolute atomic E-state index is 0.257. The Hall–Kier alpha value is -2.39. The molecule has 10 heteroatoms. The maximum absolute atomic E-state index is 12.9. The molecule has 0 bridgehead atoms. The van der Waals surface area contributed by atoms with Crippen molar-refractivity contribution in [3.8, 4) is 11.5 Å². The van der Waals surface area contributed by atoms with Gasteiger partial charge in [-0.15, -0.1) is 0 Å². The summed E-state index contributed by atoms with van der Waals surface area (Å²) in [5, 5.41) is 5.79. The van der Waals surface area contributed by atoms with Crippen molar-refractivity contribution in [2.75, 3.05) is 7.11 Å². The lowest BCUT2D eigenvalue weighted by molar-refractivity contribution is 0.282. The summed E-state index contributed by atoms with van der Waals surface area (Å²) in [6.45, 7) is 2.00. The van der Waals surface area contributed by atoms with E-state index in [9.17, 15) is 4.79 Å². The molecule has 1 heterocycles. The largest absolute Gasteiger partial charge is 0.493 e. The summed E-state index contributed by atoms with van der Waals surface area (Å²) in [4.78, 5) is 17.4. The monoisotopic (exact) mass is 623 g/mol. The average molecular weight is 626 g/mol. The molecule has 0 N–H and O–H groups in total. The molecule has 0 aliphatic rings. The highest BCUT2D eigenvalue weighted by Crippen LogP contribution is 2.37. The lowest BCUT2D eigenvalue weighted by Gasteiger charge is -2.14. The fraction of sp³-hybridized carbons (Fsp3) is 0.125. The molecule has 0 atom stereocenters. The summed E-state index contributed by atoms with van der Waals surface area (Å²) in [6, 6.07) is 14.3. The van der Waals surface area contributed by atoms with Gasteiger partial charge in [0.25, 0.3) is 5.56 Å². The Labute approximate surface area is 222 Å². The lowest BCUT2D eigenvalue weighted by atomic mass is 10.2. The van der Waals surface area contributed by atoms with Crippen molar-refractivity contribution in [3.63, 3.8) is 0 Å². The second-order valence-corrected chi connectivity index (χ2v) is 9.84. The standard InChI is InChI=1S/C24H17Br2Cl2N3O3/c1-13-30-21-6-4-16(25)10-17(21)24(32)31(13)29-11-15-7-18(26)23(22(9-15)33-2)34-12-14-3-5-19(27)20(28)8-14/h3-11H,12H2,1-2H3. The Morgan fingerprint density at radius 1 is 1.09 bits per heavy atom. The van der Waals surface area contributed by atoms with Crippen molar-refractivity contribution < 1.29 is 9.47 Å². The molecule has 4 aromatic rings. The summed E-state index contributed by atoms with van der Waals surface area (Å²) in [5.41, 5.74) is 1.92. The van der Waals surface area contributed by atoms with E-state index in [0.717, 1.165) is 10.0 Å². The maximum Gasteiger partial charge on any atom is 0.282 e. The molecule has 0 fully saturated rings. The van der Waals surface area contributed by atoms with Crippen molar-refractivity contribution in [1.29, 1.82) is 0 Å². The van der Waals surface area contributed by atoms with Gasteiger partial charge in [0.2, 0.25) is 0 Å². The van der Waals surface area contributed by atoms with Gasteiger partial charge in [-0.2, -0.15) is 9.78 Å². The van der Waals surface area contributed by atoms with Crippen LogP contribution in [0.15, 0.2) is 67.4 Å². The topological polar surface area (TPSA) is 65.7 Å². The Kier molecular flexibility index (Phi) is 7.62.